The van der Waals surface area contributed by atoms with Gasteiger partial charge in [-0.15, -0.1) is 0 Å². The Morgan fingerprint density at radius 1 is 0.852 bits per heavy atom. The summed E-state index contributed by atoms with van der Waals surface area (Å²) in [5, 5.41) is 0. The molecule has 27 heavy (non-hydrogen) atoms. The van der Waals surface area contributed by atoms with Crippen molar-refractivity contribution < 1.29 is 0 Å². The Kier molecular flexibility index (Phi) is 8.07. The number of rotatable bonds is 6. The van der Waals surface area contributed by atoms with Gasteiger partial charge in [-0.3, -0.25) is 0 Å². The van der Waals surface area contributed by atoms with E-state index in [-0.39, 0.29) is 0 Å². The van der Waals surface area contributed by atoms with Gasteiger partial charge in [0.15, 0.2) is 0 Å². The molecule has 0 saturated heterocycles. The first kappa shape index (κ1) is 20.3. The number of unbranched alkanes of at least 4 members (excludes halogenated alkanes) is 2. The number of allylic oxidation sites excluding steroid dienone is 2. The van der Waals surface area contributed by atoms with Gasteiger partial charge in [0.1, 0.15) is 0 Å². The lowest BCUT2D eigenvalue weighted by atomic mass is 9.77. The highest BCUT2D eigenvalue weighted by Gasteiger charge is 2.21. The van der Waals surface area contributed by atoms with E-state index in [1.165, 1.54) is 93.7 Å². The van der Waals surface area contributed by atoms with Crippen molar-refractivity contribution in [1.29, 1.82) is 0 Å². The molecule has 2 aliphatic carbocycles. The fourth-order valence-corrected chi connectivity index (χ4v) is 4.83. The maximum absolute atomic E-state index is 3.42. The molecule has 1 aromatic carbocycles. The molecule has 3 rings (SSSR count). The smallest absolute Gasteiger partial charge is 0.0249 e. The minimum absolute atomic E-state index is 0.779. The Morgan fingerprint density at radius 3 is 2.26 bits per heavy atom. The maximum Gasteiger partial charge on any atom is 0.0249 e. The average molecular weight is 363 g/mol. The average Bonchev–Trinajstić information content (AvgIpc) is 2.74. The summed E-state index contributed by atoms with van der Waals surface area (Å²) in [4.78, 5) is 0. The topological polar surface area (TPSA) is 0 Å². The van der Waals surface area contributed by atoms with Crippen LogP contribution in [-0.2, 0) is 0 Å². The second kappa shape index (κ2) is 10.8. The Balaban J connectivity index is 1.49. The molecule has 2 aliphatic rings. The van der Waals surface area contributed by atoms with Crippen molar-refractivity contribution >= 4 is 0 Å². The van der Waals surface area contributed by atoms with Crippen LogP contribution in [0, 0.1) is 23.7 Å². The Labute approximate surface area is 167 Å². The van der Waals surface area contributed by atoms with Crippen LogP contribution in [0.25, 0.3) is 0 Å². The Morgan fingerprint density at radius 2 is 1.63 bits per heavy atom. The van der Waals surface area contributed by atoms with Crippen LogP contribution in [0.2, 0.25) is 0 Å². The molecule has 1 unspecified atom stereocenters. The summed E-state index contributed by atoms with van der Waals surface area (Å²) in [6.07, 6.45) is 18.7. The van der Waals surface area contributed by atoms with Crippen LogP contribution in [0.1, 0.15) is 108 Å². The molecule has 1 saturated carbocycles. The standard InChI is InChI=1S/C27H38/c1-3-5-6-7-23-14-18-26(19-15-23)27-20-16-25(17-21-27)13-12-24-10-8-22(4-2)9-11-24/h10,16-17,20-23,26H,3-9,11,14-15,18-19H2,1-2H3. The fourth-order valence-electron chi connectivity index (χ4n) is 4.83. The van der Waals surface area contributed by atoms with E-state index in [1.807, 2.05) is 0 Å². The zero-order valence-corrected chi connectivity index (χ0v) is 17.6. The van der Waals surface area contributed by atoms with Crippen molar-refractivity contribution in [1.82, 2.24) is 0 Å². The summed E-state index contributed by atoms with van der Waals surface area (Å²) in [7, 11) is 0. The molecular weight excluding hydrogens is 324 g/mol. The van der Waals surface area contributed by atoms with E-state index in [1.54, 1.807) is 0 Å². The van der Waals surface area contributed by atoms with Gasteiger partial charge in [-0.05, 0) is 86.0 Å². The molecule has 0 spiro atoms. The van der Waals surface area contributed by atoms with Crippen molar-refractivity contribution in [2.75, 3.05) is 0 Å². The molecule has 0 bridgehead atoms. The first-order valence-electron chi connectivity index (χ1n) is 11.6. The predicted molar refractivity (Wildman–Crippen MR) is 118 cm³/mol. The van der Waals surface area contributed by atoms with Crippen LogP contribution in [0.15, 0.2) is 35.9 Å². The van der Waals surface area contributed by atoms with Gasteiger partial charge in [-0.1, -0.05) is 76.0 Å². The van der Waals surface area contributed by atoms with Gasteiger partial charge in [-0.2, -0.15) is 0 Å². The van der Waals surface area contributed by atoms with E-state index in [9.17, 15) is 0 Å². The highest BCUT2D eigenvalue weighted by molar-refractivity contribution is 5.42. The van der Waals surface area contributed by atoms with Gasteiger partial charge in [0.2, 0.25) is 0 Å². The Bertz CT molecular complexity index is 644. The van der Waals surface area contributed by atoms with Crippen molar-refractivity contribution in [2.45, 2.75) is 96.8 Å². The van der Waals surface area contributed by atoms with Crippen LogP contribution in [0.4, 0.5) is 0 Å². The van der Waals surface area contributed by atoms with Crippen molar-refractivity contribution in [3.63, 3.8) is 0 Å². The third-order valence-corrected chi connectivity index (χ3v) is 6.91. The maximum atomic E-state index is 3.42. The molecule has 0 heteroatoms. The molecule has 0 N–H and O–H groups in total. The second-order valence-electron chi connectivity index (χ2n) is 8.86. The van der Waals surface area contributed by atoms with Gasteiger partial charge in [0, 0.05) is 5.56 Å². The van der Waals surface area contributed by atoms with Gasteiger partial charge < -0.3 is 0 Å². The minimum Gasteiger partial charge on any atom is -0.0726 e. The van der Waals surface area contributed by atoms with Gasteiger partial charge in [0.05, 0.1) is 0 Å². The van der Waals surface area contributed by atoms with E-state index in [0.717, 1.165) is 17.8 Å². The largest absolute Gasteiger partial charge is 0.0726 e. The minimum atomic E-state index is 0.779. The molecule has 0 amide bonds. The molecule has 0 nitrogen and oxygen atoms in total. The highest BCUT2D eigenvalue weighted by atomic mass is 14.3. The van der Waals surface area contributed by atoms with Crippen LogP contribution in [0.5, 0.6) is 0 Å². The van der Waals surface area contributed by atoms with E-state index in [2.05, 4.69) is 56.0 Å². The zero-order chi connectivity index (χ0) is 18.9. The fraction of sp³-hybridized carbons (Fsp3) is 0.630. The summed E-state index contributed by atoms with van der Waals surface area (Å²) < 4.78 is 0. The normalized spacial score (nSPS) is 25.4. The number of hydrogen-bond donors (Lipinski definition) is 0. The van der Waals surface area contributed by atoms with Crippen molar-refractivity contribution in [3.05, 3.63) is 47.0 Å². The van der Waals surface area contributed by atoms with Gasteiger partial charge in [-0.25, -0.2) is 0 Å². The molecule has 1 atom stereocenters. The summed E-state index contributed by atoms with van der Waals surface area (Å²) in [5.41, 5.74) is 4.06. The monoisotopic (exact) mass is 362 g/mol. The van der Waals surface area contributed by atoms with E-state index < -0.39 is 0 Å². The third kappa shape index (κ3) is 6.27. The van der Waals surface area contributed by atoms with Gasteiger partial charge >= 0.3 is 0 Å². The Hall–Kier alpha value is -1.48. The molecule has 146 valence electrons. The van der Waals surface area contributed by atoms with E-state index in [4.69, 9.17) is 0 Å². The summed E-state index contributed by atoms with van der Waals surface area (Å²) >= 11 is 0. The molecule has 1 fully saturated rings. The second-order valence-corrected chi connectivity index (χ2v) is 8.86. The van der Waals surface area contributed by atoms with Gasteiger partial charge in [0.25, 0.3) is 0 Å². The first-order valence-corrected chi connectivity index (χ1v) is 11.6. The SMILES string of the molecule is CCCCCC1CCC(c2ccc(C#CC3=CCC(CC)CC3)cc2)CC1. The van der Waals surface area contributed by atoms with Crippen LogP contribution < -0.4 is 0 Å². The quantitative estimate of drug-likeness (QED) is 0.355. The lowest BCUT2D eigenvalue weighted by Crippen LogP contribution is -2.13. The lowest BCUT2D eigenvalue weighted by Gasteiger charge is -2.29. The first-order chi connectivity index (χ1) is 13.3. The number of benzene rings is 1. The van der Waals surface area contributed by atoms with Crippen LogP contribution >= 0.6 is 0 Å². The summed E-state index contributed by atoms with van der Waals surface area (Å²) in [5.74, 6) is 9.48. The molecule has 0 aromatic heterocycles. The molecule has 0 radical (unpaired) electrons. The lowest BCUT2D eigenvalue weighted by molar-refractivity contribution is 0.303. The van der Waals surface area contributed by atoms with Crippen molar-refractivity contribution in [2.24, 2.45) is 11.8 Å². The van der Waals surface area contributed by atoms with E-state index >= 15 is 0 Å². The predicted octanol–water partition coefficient (Wildman–Crippen LogP) is 8.03. The third-order valence-electron chi connectivity index (χ3n) is 6.91. The van der Waals surface area contributed by atoms with Crippen LogP contribution in [0.3, 0.4) is 0 Å². The highest BCUT2D eigenvalue weighted by Crippen LogP contribution is 2.37. The summed E-state index contributed by atoms with van der Waals surface area (Å²) in [6.45, 7) is 4.61. The summed E-state index contributed by atoms with van der Waals surface area (Å²) in [6, 6.07) is 9.17. The number of hydrogen-bond acceptors (Lipinski definition) is 0. The molecule has 0 aliphatic heterocycles. The van der Waals surface area contributed by atoms with Crippen molar-refractivity contribution in [3.8, 4) is 11.8 Å². The van der Waals surface area contributed by atoms with E-state index in [0.29, 0.717) is 0 Å². The van der Waals surface area contributed by atoms with Crippen LogP contribution in [-0.4, -0.2) is 0 Å². The molecule has 0 heterocycles. The zero-order valence-electron chi connectivity index (χ0n) is 17.6. The molecular formula is C27H38. The molecule has 1 aromatic rings.